The predicted molar refractivity (Wildman–Crippen MR) is 85.3 cm³/mol. The average Bonchev–Trinajstić information content (AvgIpc) is 2.49. The molecule has 2 fully saturated rings. The van der Waals surface area contributed by atoms with Crippen LogP contribution in [-0.4, -0.2) is 28.1 Å². The quantitative estimate of drug-likeness (QED) is 0.838. The largest absolute Gasteiger partial charge is 0.467 e. The van der Waals surface area contributed by atoms with E-state index in [2.05, 4.69) is 20.3 Å². The fraction of sp³-hybridized carbons (Fsp3) is 0.812. The summed E-state index contributed by atoms with van der Waals surface area (Å²) in [5.74, 6) is 2.52. The smallest absolute Gasteiger partial charge is 0.321 e. The number of hydrogen-bond donors (Lipinski definition) is 2. The molecule has 2 aliphatic rings. The first kappa shape index (κ1) is 15.5. The number of nitrogens with zero attached hydrogens (tertiary/aromatic N) is 3. The third-order valence-corrected chi connectivity index (χ3v) is 5.17. The lowest BCUT2D eigenvalue weighted by molar-refractivity contribution is 0.144. The van der Waals surface area contributed by atoms with E-state index >= 15 is 0 Å². The van der Waals surface area contributed by atoms with Gasteiger partial charge in [-0.25, -0.2) is 0 Å². The van der Waals surface area contributed by atoms with E-state index in [0.29, 0.717) is 24.4 Å². The van der Waals surface area contributed by atoms with Crippen molar-refractivity contribution in [3.05, 3.63) is 5.82 Å². The molecule has 2 aliphatic carbocycles. The second-order valence-electron chi connectivity index (χ2n) is 6.59. The van der Waals surface area contributed by atoms with E-state index in [-0.39, 0.29) is 5.95 Å². The van der Waals surface area contributed by atoms with Crippen molar-refractivity contribution >= 4 is 5.95 Å². The second kappa shape index (κ2) is 7.22. The van der Waals surface area contributed by atoms with Crippen LogP contribution in [0, 0.1) is 11.8 Å². The Kier molecular flexibility index (Phi) is 5.08. The molecule has 0 aliphatic heterocycles. The number of hydrogen-bond acceptors (Lipinski definition) is 6. The van der Waals surface area contributed by atoms with Gasteiger partial charge in [0.25, 0.3) is 0 Å². The van der Waals surface area contributed by atoms with Crippen LogP contribution in [0.1, 0.15) is 57.2 Å². The molecule has 3 N–H and O–H groups in total. The lowest BCUT2D eigenvalue weighted by Gasteiger charge is -2.40. The average molecular weight is 305 g/mol. The molecule has 0 amide bonds. The maximum atomic E-state index is 5.71. The van der Waals surface area contributed by atoms with Crippen LogP contribution in [0.4, 0.5) is 5.95 Å². The van der Waals surface area contributed by atoms with Crippen LogP contribution < -0.4 is 15.8 Å². The molecule has 1 unspecified atom stereocenters. The van der Waals surface area contributed by atoms with Gasteiger partial charge in [-0.2, -0.15) is 15.0 Å². The summed E-state index contributed by atoms with van der Waals surface area (Å²) >= 11 is 0. The van der Waals surface area contributed by atoms with Crippen LogP contribution >= 0.6 is 0 Å². The summed E-state index contributed by atoms with van der Waals surface area (Å²) in [4.78, 5) is 12.4. The molecule has 22 heavy (non-hydrogen) atoms. The van der Waals surface area contributed by atoms with E-state index < -0.39 is 0 Å². The lowest BCUT2D eigenvalue weighted by atomic mass is 9.71. The van der Waals surface area contributed by atoms with Gasteiger partial charge >= 0.3 is 6.01 Å². The summed E-state index contributed by atoms with van der Waals surface area (Å²) in [6, 6.07) is 0.889. The SMILES string of the molecule is COc1nc(N)nc(CNC(C2CCCCC2)C2CCC2)n1. The summed E-state index contributed by atoms with van der Waals surface area (Å²) < 4.78 is 5.07. The van der Waals surface area contributed by atoms with Gasteiger partial charge in [0.2, 0.25) is 5.95 Å². The Morgan fingerprint density at radius 1 is 1.05 bits per heavy atom. The standard InChI is InChI=1S/C16H27N5O/c1-22-16-20-13(19-15(17)21-16)10-18-14(12-8-5-9-12)11-6-3-2-4-7-11/h11-12,14,18H,2-10H2,1H3,(H2,17,19,20,21). The maximum Gasteiger partial charge on any atom is 0.321 e. The van der Waals surface area contributed by atoms with Gasteiger partial charge in [-0.3, -0.25) is 0 Å². The minimum atomic E-state index is 0.224. The van der Waals surface area contributed by atoms with E-state index in [1.54, 1.807) is 7.11 Å². The molecule has 1 aromatic heterocycles. The number of anilines is 1. The molecule has 6 heteroatoms. The van der Waals surface area contributed by atoms with E-state index in [0.717, 1.165) is 11.8 Å². The van der Waals surface area contributed by atoms with E-state index in [1.165, 1.54) is 51.4 Å². The molecule has 0 spiro atoms. The minimum absolute atomic E-state index is 0.224. The zero-order valence-corrected chi connectivity index (χ0v) is 13.4. The molecule has 0 bridgehead atoms. The first-order valence-corrected chi connectivity index (χ1v) is 8.54. The number of nitrogens with two attached hydrogens (primary N) is 1. The van der Waals surface area contributed by atoms with Crippen molar-refractivity contribution in [2.45, 2.75) is 64.0 Å². The molecule has 2 saturated carbocycles. The van der Waals surface area contributed by atoms with Crippen LogP contribution in [0.2, 0.25) is 0 Å². The van der Waals surface area contributed by atoms with Crippen LogP contribution in [0.15, 0.2) is 0 Å². The number of aromatic nitrogens is 3. The molecule has 6 nitrogen and oxygen atoms in total. The van der Waals surface area contributed by atoms with Crippen LogP contribution in [-0.2, 0) is 6.54 Å². The molecular weight excluding hydrogens is 278 g/mol. The van der Waals surface area contributed by atoms with E-state index in [1.807, 2.05) is 0 Å². The van der Waals surface area contributed by atoms with Crippen LogP contribution in [0.25, 0.3) is 0 Å². The number of nitrogens with one attached hydrogen (secondary N) is 1. The first-order chi connectivity index (χ1) is 10.8. The Morgan fingerprint density at radius 2 is 1.73 bits per heavy atom. The summed E-state index contributed by atoms with van der Waals surface area (Å²) in [6.45, 7) is 0.640. The van der Waals surface area contributed by atoms with Crippen LogP contribution in [0.5, 0.6) is 6.01 Å². The molecule has 1 aromatic rings. The Balaban J connectivity index is 1.64. The molecular formula is C16H27N5O. The number of methoxy groups -OCH3 is 1. The third kappa shape index (κ3) is 3.66. The Labute approximate surface area is 132 Å². The zero-order chi connectivity index (χ0) is 15.4. The summed E-state index contributed by atoms with van der Waals surface area (Å²) in [5, 5.41) is 3.72. The van der Waals surface area contributed by atoms with Crippen molar-refractivity contribution < 1.29 is 4.74 Å². The fourth-order valence-corrected chi connectivity index (χ4v) is 3.81. The van der Waals surface area contributed by atoms with Crippen molar-refractivity contribution in [2.24, 2.45) is 11.8 Å². The highest BCUT2D eigenvalue weighted by molar-refractivity contribution is 5.18. The fourth-order valence-electron chi connectivity index (χ4n) is 3.81. The van der Waals surface area contributed by atoms with Crippen molar-refractivity contribution in [1.29, 1.82) is 0 Å². The summed E-state index contributed by atoms with van der Waals surface area (Å²) in [5.41, 5.74) is 5.71. The predicted octanol–water partition coefficient (Wildman–Crippen LogP) is 2.30. The van der Waals surface area contributed by atoms with E-state index in [4.69, 9.17) is 10.5 Å². The van der Waals surface area contributed by atoms with Crippen molar-refractivity contribution in [1.82, 2.24) is 20.3 Å². The van der Waals surface area contributed by atoms with Gasteiger partial charge in [0, 0.05) is 6.04 Å². The minimum Gasteiger partial charge on any atom is -0.467 e. The highest BCUT2D eigenvalue weighted by Gasteiger charge is 2.33. The molecule has 1 atom stereocenters. The highest BCUT2D eigenvalue weighted by atomic mass is 16.5. The van der Waals surface area contributed by atoms with Gasteiger partial charge in [0.05, 0.1) is 13.7 Å². The van der Waals surface area contributed by atoms with Gasteiger partial charge in [-0.1, -0.05) is 25.7 Å². The summed E-state index contributed by atoms with van der Waals surface area (Å²) in [7, 11) is 1.55. The van der Waals surface area contributed by atoms with Gasteiger partial charge < -0.3 is 15.8 Å². The van der Waals surface area contributed by atoms with Gasteiger partial charge in [0.15, 0.2) is 5.82 Å². The van der Waals surface area contributed by atoms with Crippen molar-refractivity contribution in [2.75, 3.05) is 12.8 Å². The Bertz CT molecular complexity index is 485. The topological polar surface area (TPSA) is 86.0 Å². The highest BCUT2D eigenvalue weighted by Crippen LogP contribution is 2.38. The molecule has 3 rings (SSSR count). The third-order valence-electron chi connectivity index (χ3n) is 5.17. The van der Waals surface area contributed by atoms with Crippen LogP contribution in [0.3, 0.4) is 0 Å². The number of ether oxygens (including phenoxy) is 1. The van der Waals surface area contributed by atoms with Gasteiger partial charge in [-0.15, -0.1) is 0 Å². The first-order valence-electron chi connectivity index (χ1n) is 8.54. The van der Waals surface area contributed by atoms with Gasteiger partial charge in [-0.05, 0) is 37.5 Å². The monoisotopic (exact) mass is 305 g/mol. The van der Waals surface area contributed by atoms with E-state index in [9.17, 15) is 0 Å². The van der Waals surface area contributed by atoms with Gasteiger partial charge in [0.1, 0.15) is 0 Å². The number of rotatable bonds is 6. The molecule has 0 saturated heterocycles. The lowest BCUT2D eigenvalue weighted by Crippen LogP contribution is -2.45. The summed E-state index contributed by atoms with van der Waals surface area (Å²) in [6.07, 6.45) is 11.0. The molecule has 1 heterocycles. The molecule has 122 valence electrons. The molecule has 0 radical (unpaired) electrons. The molecule has 0 aromatic carbocycles. The second-order valence-corrected chi connectivity index (χ2v) is 6.59. The van der Waals surface area contributed by atoms with Crippen molar-refractivity contribution in [3.8, 4) is 6.01 Å². The normalized spacial score (nSPS) is 21.3. The zero-order valence-electron chi connectivity index (χ0n) is 13.4. The maximum absolute atomic E-state index is 5.71. The van der Waals surface area contributed by atoms with Crippen molar-refractivity contribution in [3.63, 3.8) is 0 Å². The Hall–Kier alpha value is -1.43. The number of nitrogen functional groups attached to an aromatic ring is 1. The Morgan fingerprint density at radius 3 is 2.32 bits per heavy atom.